The van der Waals surface area contributed by atoms with Gasteiger partial charge in [0.05, 0.1) is 35.0 Å². The average molecular weight is 543 g/mol. The molecule has 2 aromatic heterocycles. The van der Waals surface area contributed by atoms with Crippen molar-refractivity contribution < 1.29 is 23.7 Å². The smallest absolute Gasteiger partial charge is 0.332 e. The molecule has 2 atom stereocenters. The molecule has 1 fully saturated rings. The van der Waals surface area contributed by atoms with Gasteiger partial charge in [0.15, 0.2) is 11.9 Å². The van der Waals surface area contributed by atoms with Crippen LogP contribution in [0.15, 0.2) is 40.2 Å². The Hall–Kier alpha value is -3.41. The number of aliphatic carboxylic acids is 1. The van der Waals surface area contributed by atoms with Gasteiger partial charge >= 0.3 is 5.97 Å². The highest BCUT2D eigenvalue weighted by Crippen LogP contribution is 2.61. The fourth-order valence-electron chi connectivity index (χ4n) is 5.23. The maximum Gasteiger partial charge on any atom is 0.332 e. The fraction of sp³-hybridized carbons (Fsp3) is 0.440. The summed E-state index contributed by atoms with van der Waals surface area (Å²) < 4.78 is 30.7. The van der Waals surface area contributed by atoms with E-state index < -0.39 is 33.9 Å². The molecule has 0 bridgehead atoms. The van der Waals surface area contributed by atoms with E-state index in [1.165, 1.54) is 6.20 Å². The molecule has 13 heteroatoms. The first-order valence-electron chi connectivity index (χ1n) is 12.2. The second-order valence-corrected chi connectivity index (χ2v) is 12.7. The predicted octanol–water partition coefficient (Wildman–Crippen LogP) is 3.98. The third-order valence-corrected chi connectivity index (χ3v) is 9.43. The molecule has 2 aliphatic rings. The number of nitrogens with zero attached hydrogens (tertiary/aromatic N) is 4. The summed E-state index contributed by atoms with van der Waals surface area (Å²) in [7, 11) is -3.13. The van der Waals surface area contributed by atoms with Crippen molar-refractivity contribution in [1.29, 1.82) is 5.26 Å². The Kier molecular flexibility index (Phi) is 6.28. The molecular weight excluding hydrogens is 512 g/mol. The lowest BCUT2D eigenvalue weighted by molar-refractivity contribution is -0.158. The number of ether oxygens (including phenoxy) is 1. The van der Waals surface area contributed by atoms with Crippen LogP contribution in [-0.4, -0.2) is 57.5 Å². The molecule has 0 unspecified atom stereocenters. The largest absolute Gasteiger partial charge is 0.479 e. The van der Waals surface area contributed by atoms with Crippen LogP contribution in [0.1, 0.15) is 45.6 Å². The average Bonchev–Trinajstić information content (AvgIpc) is 3.35. The monoisotopic (exact) mass is 542 g/mol. The first-order chi connectivity index (χ1) is 17.9. The van der Waals surface area contributed by atoms with Crippen LogP contribution in [0.2, 0.25) is 0 Å². The molecule has 38 heavy (non-hydrogen) atoms. The molecule has 2 aliphatic heterocycles. The Morgan fingerprint density at radius 3 is 2.76 bits per heavy atom. The van der Waals surface area contributed by atoms with Crippen LogP contribution in [0.3, 0.4) is 0 Å². The van der Waals surface area contributed by atoms with E-state index in [0.717, 1.165) is 5.56 Å². The minimum Gasteiger partial charge on any atom is -0.479 e. The van der Waals surface area contributed by atoms with Gasteiger partial charge in [0, 0.05) is 24.0 Å². The standard InChI is InChI=1S/C25H30N6O6S/c1-24(2,3)30-13-15-12-16(4-5-19(15)38(30,35)36)28-21-20-17(7-11-27-22(20)32)31(29-21)25(9-10-26)8-6-18(23(33)34)37-14-25/h4-5,7,11-12,18,35-36H,6,8-9,13-14H2,1-3H3,(H,27,32)(H,28,29)(H,33,34)/t18-,25-/m0/s1. The lowest BCUT2D eigenvalue weighted by atomic mass is 9.87. The quantitative estimate of drug-likeness (QED) is 0.317. The first-order valence-corrected chi connectivity index (χ1v) is 13.7. The van der Waals surface area contributed by atoms with Crippen molar-refractivity contribution in [3.63, 3.8) is 0 Å². The highest BCUT2D eigenvalue weighted by Gasteiger charge is 2.43. The molecular formula is C25H30N6O6S. The van der Waals surface area contributed by atoms with Crippen LogP contribution in [0.5, 0.6) is 0 Å². The molecule has 0 spiro atoms. The van der Waals surface area contributed by atoms with Gasteiger partial charge < -0.3 is 20.1 Å². The Balaban J connectivity index is 1.55. The van der Waals surface area contributed by atoms with Crippen LogP contribution >= 0.6 is 10.8 Å². The second-order valence-electron chi connectivity index (χ2n) is 10.7. The van der Waals surface area contributed by atoms with Gasteiger partial charge in [-0.15, -0.1) is 10.8 Å². The van der Waals surface area contributed by atoms with Crippen molar-refractivity contribution in [1.82, 2.24) is 19.1 Å². The van der Waals surface area contributed by atoms with Crippen molar-refractivity contribution in [3.05, 3.63) is 46.4 Å². The normalized spacial score (nSPS) is 24.1. The number of hydrogen-bond acceptors (Lipinski definition) is 9. The SMILES string of the molecule is CC(C)(C)N1Cc2cc(Nc3nn([C@]4(CC#N)CC[C@@H](C(=O)O)OC4)c4cc[nH]c(=O)c34)ccc2S1(O)O. The molecule has 0 aliphatic carbocycles. The summed E-state index contributed by atoms with van der Waals surface area (Å²) in [5.74, 6) is -0.797. The van der Waals surface area contributed by atoms with Crippen molar-refractivity contribution in [2.24, 2.45) is 0 Å². The van der Waals surface area contributed by atoms with Crippen molar-refractivity contribution in [2.75, 3.05) is 11.9 Å². The Labute approximate surface area is 220 Å². The van der Waals surface area contributed by atoms with Gasteiger partial charge in [-0.2, -0.15) is 14.7 Å². The van der Waals surface area contributed by atoms with Gasteiger partial charge in [0.1, 0.15) is 5.39 Å². The Bertz CT molecular complexity index is 1510. The van der Waals surface area contributed by atoms with Crippen LogP contribution in [0.4, 0.5) is 11.5 Å². The van der Waals surface area contributed by atoms with Crippen molar-refractivity contribution in [3.8, 4) is 6.07 Å². The lowest BCUT2D eigenvalue weighted by Gasteiger charge is -2.44. The molecule has 1 aromatic carbocycles. The highest BCUT2D eigenvalue weighted by molar-refractivity contribution is 8.22. The number of pyridine rings is 1. The molecule has 202 valence electrons. The van der Waals surface area contributed by atoms with Gasteiger partial charge in [-0.05, 0) is 63.4 Å². The number of nitrogens with one attached hydrogen (secondary N) is 2. The van der Waals surface area contributed by atoms with Gasteiger partial charge in [-0.1, -0.05) is 0 Å². The van der Waals surface area contributed by atoms with E-state index in [1.807, 2.05) is 26.8 Å². The number of hydrogen-bond donors (Lipinski definition) is 5. The van der Waals surface area contributed by atoms with Crippen LogP contribution < -0.4 is 10.9 Å². The topological polar surface area (TPSA) is 177 Å². The summed E-state index contributed by atoms with van der Waals surface area (Å²) in [5, 5.41) is 27.1. The number of carboxylic acid groups (broad SMARTS) is 1. The number of fused-ring (bicyclic) bond motifs is 2. The van der Waals surface area contributed by atoms with Crippen LogP contribution in [0, 0.1) is 11.3 Å². The first kappa shape index (κ1) is 26.2. The van der Waals surface area contributed by atoms with E-state index in [4.69, 9.17) is 9.84 Å². The summed E-state index contributed by atoms with van der Waals surface area (Å²) in [6.45, 7) is 6.06. The zero-order valence-electron chi connectivity index (χ0n) is 21.3. The fourth-order valence-corrected chi connectivity index (χ4v) is 7.27. The molecule has 12 nitrogen and oxygen atoms in total. The van der Waals surface area contributed by atoms with E-state index >= 15 is 0 Å². The third-order valence-electron chi connectivity index (χ3n) is 7.15. The number of carboxylic acids is 1. The lowest BCUT2D eigenvalue weighted by Crippen LogP contribution is -2.46. The molecule has 0 amide bonds. The summed E-state index contributed by atoms with van der Waals surface area (Å²) in [6, 6.07) is 9.04. The summed E-state index contributed by atoms with van der Waals surface area (Å²) >= 11 is 0. The molecule has 1 saturated heterocycles. The predicted molar refractivity (Wildman–Crippen MR) is 141 cm³/mol. The minimum atomic E-state index is -3.13. The molecule has 3 aromatic rings. The molecule has 5 N–H and O–H groups in total. The molecule has 4 heterocycles. The van der Waals surface area contributed by atoms with E-state index in [9.17, 15) is 29.1 Å². The summed E-state index contributed by atoms with van der Waals surface area (Å²) in [4.78, 5) is 27.5. The number of H-pyrrole nitrogens is 1. The Morgan fingerprint density at radius 2 is 2.13 bits per heavy atom. The summed E-state index contributed by atoms with van der Waals surface area (Å²) in [6.07, 6.45) is 1.08. The van der Waals surface area contributed by atoms with Gasteiger partial charge in [-0.3, -0.25) is 18.6 Å². The second kappa shape index (κ2) is 9.11. The highest BCUT2D eigenvalue weighted by atomic mass is 32.3. The number of aromatic amines is 1. The van der Waals surface area contributed by atoms with E-state index in [2.05, 4.69) is 16.4 Å². The molecule has 0 radical (unpaired) electrons. The maximum atomic E-state index is 12.9. The van der Waals surface area contributed by atoms with E-state index in [0.29, 0.717) is 29.1 Å². The number of nitriles is 1. The minimum absolute atomic E-state index is 0.0156. The third kappa shape index (κ3) is 4.24. The van der Waals surface area contributed by atoms with Gasteiger partial charge in [0.25, 0.3) is 5.56 Å². The van der Waals surface area contributed by atoms with Gasteiger partial charge in [-0.25, -0.2) is 4.79 Å². The number of rotatable bonds is 5. The van der Waals surface area contributed by atoms with Crippen LogP contribution in [-0.2, 0) is 21.6 Å². The maximum absolute atomic E-state index is 12.9. The van der Waals surface area contributed by atoms with Gasteiger partial charge in [0.2, 0.25) is 0 Å². The van der Waals surface area contributed by atoms with Crippen LogP contribution in [0.25, 0.3) is 10.9 Å². The number of benzene rings is 1. The Morgan fingerprint density at radius 1 is 1.37 bits per heavy atom. The number of aromatic nitrogens is 3. The zero-order valence-corrected chi connectivity index (χ0v) is 22.1. The van der Waals surface area contributed by atoms with E-state index in [1.54, 1.807) is 27.2 Å². The van der Waals surface area contributed by atoms with E-state index in [-0.39, 0.29) is 36.2 Å². The van der Waals surface area contributed by atoms with Crippen molar-refractivity contribution in [2.45, 2.75) is 68.7 Å². The summed E-state index contributed by atoms with van der Waals surface area (Å²) in [5.41, 5.74) is 0.0449. The molecule has 0 saturated carbocycles. The number of anilines is 2. The zero-order chi connectivity index (χ0) is 27.5. The van der Waals surface area contributed by atoms with Crippen molar-refractivity contribution >= 4 is 39.2 Å². The molecule has 5 rings (SSSR count). The number of carbonyl (C=O) groups is 1.